The molecule has 0 fully saturated rings. The lowest BCUT2D eigenvalue weighted by Gasteiger charge is -2.10. The Hall–Kier alpha value is -1.94. The van der Waals surface area contributed by atoms with Crippen LogP contribution >= 0.6 is 11.8 Å². The summed E-state index contributed by atoms with van der Waals surface area (Å²) in [4.78, 5) is 7.99. The maximum absolute atomic E-state index is 5.84. The van der Waals surface area contributed by atoms with Crippen LogP contribution < -0.4 is 5.73 Å². The molecular formula is C16H17N3S. The van der Waals surface area contributed by atoms with Crippen LogP contribution in [0.1, 0.15) is 23.3 Å². The molecule has 0 aliphatic rings. The van der Waals surface area contributed by atoms with Crippen LogP contribution in [0.4, 0.5) is 5.69 Å². The van der Waals surface area contributed by atoms with E-state index in [-0.39, 0.29) is 0 Å². The number of benzene rings is 2. The van der Waals surface area contributed by atoms with Crippen LogP contribution in [0.5, 0.6) is 0 Å². The highest BCUT2D eigenvalue weighted by molar-refractivity contribution is 7.99. The minimum absolute atomic E-state index is 0.306. The van der Waals surface area contributed by atoms with Crippen LogP contribution in [0.15, 0.2) is 47.6 Å². The number of aromatic amines is 1. The third-order valence-corrected chi connectivity index (χ3v) is 4.33. The van der Waals surface area contributed by atoms with E-state index < -0.39 is 0 Å². The van der Waals surface area contributed by atoms with Gasteiger partial charge < -0.3 is 10.7 Å². The summed E-state index contributed by atoms with van der Waals surface area (Å²) < 4.78 is 0. The van der Waals surface area contributed by atoms with Crippen molar-refractivity contribution >= 4 is 28.5 Å². The number of nitrogen functional groups attached to an aromatic ring is 1. The number of hydrogen-bond donors (Lipinski definition) is 2. The van der Waals surface area contributed by atoms with E-state index in [1.54, 1.807) is 11.8 Å². The summed E-state index contributed by atoms with van der Waals surface area (Å²) >= 11 is 1.71. The van der Waals surface area contributed by atoms with E-state index in [9.17, 15) is 0 Å². The van der Waals surface area contributed by atoms with Gasteiger partial charge in [-0.2, -0.15) is 0 Å². The zero-order valence-electron chi connectivity index (χ0n) is 11.6. The summed E-state index contributed by atoms with van der Waals surface area (Å²) in [6, 6.07) is 14.3. The number of imidazole rings is 1. The molecule has 0 radical (unpaired) electrons. The van der Waals surface area contributed by atoms with E-state index in [0.717, 1.165) is 21.9 Å². The predicted octanol–water partition coefficient (Wildman–Crippen LogP) is 4.31. The van der Waals surface area contributed by atoms with Crippen LogP contribution in [0.3, 0.4) is 0 Å². The average Bonchev–Trinajstić information content (AvgIpc) is 2.80. The van der Waals surface area contributed by atoms with Crippen LogP contribution in [-0.2, 0) is 0 Å². The molecule has 3 aromatic rings. The van der Waals surface area contributed by atoms with Gasteiger partial charge in [0.1, 0.15) is 0 Å². The van der Waals surface area contributed by atoms with E-state index >= 15 is 0 Å². The molecule has 1 heterocycles. The molecule has 2 aromatic carbocycles. The zero-order valence-corrected chi connectivity index (χ0v) is 12.4. The lowest BCUT2D eigenvalue weighted by Crippen LogP contribution is -1.92. The van der Waals surface area contributed by atoms with Crippen LogP contribution in [0.2, 0.25) is 0 Å². The molecule has 0 saturated carbocycles. The molecule has 3 rings (SSSR count). The van der Waals surface area contributed by atoms with Gasteiger partial charge in [0.2, 0.25) is 0 Å². The SMILES string of the molecule is Cc1ccc2nc(SC(C)c3cccc(N)c3)[nH]c2c1. The van der Waals surface area contributed by atoms with E-state index in [1.165, 1.54) is 11.1 Å². The van der Waals surface area contributed by atoms with Crippen LogP contribution in [-0.4, -0.2) is 9.97 Å². The fraction of sp³-hybridized carbons (Fsp3) is 0.188. The molecule has 20 heavy (non-hydrogen) atoms. The molecule has 0 bridgehead atoms. The van der Waals surface area contributed by atoms with Gasteiger partial charge in [-0.1, -0.05) is 30.0 Å². The third-order valence-electron chi connectivity index (χ3n) is 3.28. The number of nitrogens with zero attached hydrogens (tertiary/aromatic N) is 1. The number of aromatic nitrogens is 2. The number of hydrogen-bond acceptors (Lipinski definition) is 3. The van der Waals surface area contributed by atoms with Crippen LogP contribution in [0.25, 0.3) is 11.0 Å². The minimum Gasteiger partial charge on any atom is -0.399 e. The number of fused-ring (bicyclic) bond motifs is 1. The first kappa shape index (κ1) is 13.1. The molecule has 3 N–H and O–H groups in total. The van der Waals surface area contributed by atoms with Crippen molar-refractivity contribution in [2.24, 2.45) is 0 Å². The monoisotopic (exact) mass is 283 g/mol. The summed E-state index contributed by atoms with van der Waals surface area (Å²) in [5.41, 5.74) is 11.2. The summed E-state index contributed by atoms with van der Waals surface area (Å²) in [5.74, 6) is 0. The van der Waals surface area contributed by atoms with Gasteiger partial charge in [0, 0.05) is 10.9 Å². The van der Waals surface area contributed by atoms with Gasteiger partial charge >= 0.3 is 0 Å². The molecule has 1 aromatic heterocycles. The van der Waals surface area contributed by atoms with Crippen molar-refractivity contribution in [1.29, 1.82) is 0 Å². The smallest absolute Gasteiger partial charge is 0.166 e. The van der Waals surface area contributed by atoms with Crippen molar-refractivity contribution in [2.45, 2.75) is 24.3 Å². The highest BCUT2D eigenvalue weighted by atomic mass is 32.2. The average molecular weight is 283 g/mol. The molecule has 4 heteroatoms. The quantitative estimate of drug-likeness (QED) is 0.556. The molecular weight excluding hydrogens is 266 g/mol. The lowest BCUT2D eigenvalue weighted by atomic mass is 10.1. The largest absolute Gasteiger partial charge is 0.399 e. The topological polar surface area (TPSA) is 54.7 Å². The highest BCUT2D eigenvalue weighted by Gasteiger charge is 2.11. The normalized spacial score (nSPS) is 12.7. The second-order valence-electron chi connectivity index (χ2n) is 4.99. The fourth-order valence-electron chi connectivity index (χ4n) is 2.20. The Labute approximate surface area is 122 Å². The van der Waals surface area contributed by atoms with Gasteiger partial charge in [-0.15, -0.1) is 0 Å². The van der Waals surface area contributed by atoms with Crippen molar-refractivity contribution in [3.63, 3.8) is 0 Å². The standard InChI is InChI=1S/C16H17N3S/c1-10-6-7-14-15(8-10)19-16(18-14)20-11(2)12-4-3-5-13(17)9-12/h3-9,11H,17H2,1-2H3,(H,18,19). The molecule has 1 atom stereocenters. The van der Waals surface area contributed by atoms with Gasteiger partial charge in [-0.25, -0.2) is 4.98 Å². The second-order valence-corrected chi connectivity index (χ2v) is 6.32. The van der Waals surface area contributed by atoms with Crippen molar-refractivity contribution in [3.05, 3.63) is 53.6 Å². The van der Waals surface area contributed by atoms with Crippen molar-refractivity contribution in [2.75, 3.05) is 5.73 Å². The Morgan fingerprint density at radius 3 is 2.85 bits per heavy atom. The van der Waals surface area contributed by atoms with E-state index in [4.69, 9.17) is 5.73 Å². The van der Waals surface area contributed by atoms with Gasteiger partial charge in [-0.05, 0) is 49.2 Å². The summed E-state index contributed by atoms with van der Waals surface area (Å²) in [5, 5.41) is 1.25. The van der Waals surface area contributed by atoms with E-state index in [0.29, 0.717) is 5.25 Å². The Bertz CT molecular complexity index is 748. The Balaban J connectivity index is 1.85. The summed E-state index contributed by atoms with van der Waals surface area (Å²) in [6.45, 7) is 4.25. The lowest BCUT2D eigenvalue weighted by molar-refractivity contribution is 1.03. The first-order valence-electron chi connectivity index (χ1n) is 6.60. The van der Waals surface area contributed by atoms with Crippen molar-refractivity contribution in [3.8, 4) is 0 Å². The maximum atomic E-state index is 5.84. The third kappa shape index (κ3) is 2.65. The maximum Gasteiger partial charge on any atom is 0.166 e. The van der Waals surface area contributed by atoms with Gasteiger partial charge in [0.25, 0.3) is 0 Å². The number of nitrogens with one attached hydrogen (secondary N) is 1. The highest BCUT2D eigenvalue weighted by Crippen LogP contribution is 2.34. The fourth-order valence-corrected chi connectivity index (χ4v) is 3.14. The molecule has 0 aliphatic carbocycles. The minimum atomic E-state index is 0.306. The van der Waals surface area contributed by atoms with E-state index in [2.05, 4.69) is 48.1 Å². The van der Waals surface area contributed by atoms with Crippen molar-refractivity contribution < 1.29 is 0 Å². The number of H-pyrrole nitrogens is 1. The van der Waals surface area contributed by atoms with Crippen molar-refractivity contribution in [1.82, 2.24) is 9.97 Å². The predicted molar refractivity (Wildman–Crippen MR) is 86.0 cm³/mol. The molecule has 1 unspecified atom stereocenters. The number of rotatable bonds is 3. The first-order chi connectivity index (χ1) is 9.61. The molecule has 3 nitrogen and oxygen atoms in total. The van der Waals surface area contributed by atoms with Crippen LogP contribution in [0, 0.1) is 6.92 Å². The van der Waals surface area contributed by atoms with Gasteiger partial charge in [-0.3, -0.25) is 0 Å². The molecule has 102 valence electrons. The summed E-state index contributed by atoms with van der Waals surface area (Å²) in [6.07, 6.45) is 0. The number of nitrogens with two attached hydrogens (primary N) is 1. The molecule has 0 aliphatic heterocycles. The molecule has 0 amide bonds. The molecule has 0 spiro atoms. The Morgan fingerprint density at radius 2 is 2.05 bits per heavy atom. The van der Waals surface area contributed by atoms with Gasteiger partial charge in [0.15, 0.2) is 5.16 Å². The number of anilines is 1. The van der Waals surface area contributed by atoms with E-state index in [1.807, 2.05) is 18.2 Å². The van der Waals surface area contributed by atoms with Gasteiger partial charge in [0.05, 0.1) is 11.0 Å². The molecule has 0 saturated heterocycles. The zero-order chi connectivity index (χ0) is 14.1. The second kappa shape index (κ2) is 5.21. The Kier molecular flexibility index (Phi) is 3.40. The summed E-state index contributed by atoms with van der Waals surface area (Å²) in [7, 11) is 0. The number of thioether (sulfide) groups is 1. The number of aryl methyl sites for hydroxylation is 1. The Morgan fingerprint density at radius 1 is 1.20 bits per heavy atom. The first-order valence-corrected chi connectivity index (χ1v) is 7.48.